The number of nitro groups is 1. The minimum Gasteiger partial charge on any atom is -0.313 e. The summed E-state index contributed by atoms with van der Waals surface area (Å²) in [6.45, 7) is 0.376. The van der Waals surface area contributed by atoms with Crippen LogP contribution < -0.4 is 11.0 Å². The lowest BCUT2D eigenvalue weighted by Gasteiger charge is -2.04. The zero-order valence-corrected chi connectivity index (χ0v) is 9.58. The monoisotopic (exact) mass is 249 g/mol. The first-order valence-electron chi connectivity index (χ1n) is 5.19. The summed E-state index contributed by atoms with van der Waals surface area (Å²) in [5, 5.41) is 19.7. The number of nitro benzene ring substituents is 1. The van der Waals surface area contributed by atoms with Crippen molar-refractivity contribution in [3.05, 3.63) is 50.7 Å². The lowest BCUT2D eigenvalue weighted by atomic mass is 10.3. The van der Waals surface area contributed by atoms with Crippen LogP contribution in [0.1, 0.15) is 5.82 Å². The molecule has 0 aliphatic carbocycles. The average Bonchev–Trinajstić information content (AvgIpc) is 2.71. The molecule has 2 N–H and O–H groups in total. The van der Waals surface area contributed by atoms with Gasteiger partial charge in [-0.2, -0.15) is 5.10 Å². The summed E-state index contributed by atoms with van der Waals surface area (Å²) in [4.78, 5) is 21.8. The van der Waals surface area contributed by atoms with E-state index in [2.05, 4.69) is 15.5 Å². The van der Waals surface area contributed by atoms with Gasteiger partial charge < -0.3 is 5.32 Å². The molecular weight excluding hydrogens is 238 g/mol. The third kappa shape index (κ3) is 2.13. The van der Waals surface area contributed by atoms with Gasteiger partial charge in [-0.15, -0.1) is 0 Å². The Morgan fingerprint density at radius 1 is 1.56 bits per heavy atom. The molecule has 0 aliphatic rings. The standard InChI is InChI=1S/C10H11N5O3/c1-11-6-9-12-13-10(16)14(9)7-3-2-4-8(5-7)15(17)18/h2-5,11H,6H2,1H3,(H,13,16). The molecule has 1 aromatic heterocycles. The number of rotatable bonds is 4. The molecule has 18 heavy (non-hydrogen) atoms. The van der Waals surface area contributed by atoms with Crippen LogP contribution in [0.2, 0.25) is 0 Å². The second-order valence-electron chi connectivity index (χ2n) is 3.59. The zero-order chi connectivity index (χ0) is 13.1. The number of non-ortho nitro benzene ring substituents is 1. The van der Waals surface area contributed by atoms with Crippen molar-refractivity contribution in [2.45, 2.75) is 6.54 Å². The normalized spacial score (nSPS) is 10.5. The molecule has 0 radical (unpaired) electrons. The predicted molar refractivity (Wildman–Crippen MR) is 63.6 cm³/mol. The van der Waals surface area contributed by atoms with Gasteiger partial charge in [-0.1, -0.05) is 6.07 Å². The van der Waals surface area contributed by atoms with Gasteiger partial charge in [0.15, 0.2) is 5.82 Å². The number of hydrogen-bond acceptors (Lipinski definition) is 5. The van der Waals surface area contributed by atoms with E-state index >= 15 is 0 Å². The number of benzene rings is 1. The first kappa shape index (κ1) is 12.0. The van der Waals surface area contributed by atoms with Crippen molar-refractivity contribution in [2.75, 3.05) is 7.05 Å². The topological polar surface area (TPSA) is 106 Å². The Morgan fingerprint density at radius 3 is 3.00 bits per heavy atom. The summed E-state index contributed by atoms with van der Waals surface area (Å²) in [5.41, 5.74) is -0.0926. The maximum Gasteiger partial charge on any atom is 0.347 e. The Kier molecular flexibility index (Phi) is 3.20. The first-order valence-corrected chi connectivity index (χ1v) is 5.19. The minimum absolute atomic E-state index is 0.0731. The van der Waals surface area contributed by atoms with Gasteiger partial charge in [-0.25, -0.2) is 14.5 Å². The van der Waals surface area contributed by atoms with Gasteiger partial charge in [0.25, 0.3) is 5.69 Å². The second-order valence-corrected chi connectivity index (χ2v) is 3.59. The molecule has 1 heterocycles. The fourth-order valence-corrected chi connectivity index (χ4v) is 1.62. The van der Waals surface area contributed by atoms with Crippen molar-refractivity contribution in [1.29, 1.82) is 0 Å². The molecule has 1 aromatic carbocycles. The molecular formula is C10H11N5O3. The van der Waals surface area contributed by atoms with E-state index in [0.29, 0.717) is 18.1 Å². The highest BCUT2D eigenvalue weighted by molar-refractivity contribution is 5.43. The van der Waals surface area contributed by atoms with Crippen LogP contribution in [0.5, 0.6) is 0 Å². The van der Waals surface area contributed by atoms with Crippen molar-refractivity contribution in [1.82, 2.24) is 20.1 Å². The van der Waals surface area contributed by atoms with Gasteiger partial charge in [0.1, 0.15) is 0 Å². The van der Waals surface area contributed by atoms with Crippen LogP contribution in [0.25, 0.3) is 5.69 Å². The van der Waals surface area contributed by atoms with E-state index in [-0.39, 0.29) is 5.69 Å². The van der Waals surface area contributed by atoms with E-state index < -0.39 is 10.6 Å². The maximum absolute atomic E-state index is 11.6. The molecule has 0 amide bonds. The van der Waals surface area contributed by atoms with Gasteiger partial charge in [0.05, 0.1) is 17.2 Å². The fraction of sp³-hybridized carbons (Fsp3) is 0.200. The summed E-state index contributed by atoms with van der Waals surface area (Å²) in [5.74, 6) is 0.461. The Bertz CT molecular complexity index is 630. The van der Waals surface area contributed by atoms with Crippen molar-refractivity contribution >= 4 is 5.69 Å². The highest BCUT2D eigenvalue weighted by Crippen LogP contribution is 2.16. The summed E-state index contributed by atoms with van der Waals surface area (Å²) in [6, 6.07) is 5.83. The molecule has 2 rings (SSSR count). The molecule has 0 unspecified atom stereocenters. The molecule has 0 saturated heterocycles. The van der Waals surface area contributed by atoms with Gasteiger partial charge >= 0.3 is 5.69 Å². The molecule has 0 atom stereocenters. The van der Waals surface area contributed by atoms with Crippen molar-refractivity contribution < 1.29 is 4.92 Å². The molecule has 0 bridgehead atoms. The fourth-order valence-electron chi connectivity index (χ4n) is 1.62. The summed E-state index contributed by atoms with van der Waals surface area (Å²) in [6.07, 6.45) is 0. The van der Waals surface area contributed by atoms with E-state index in [1.807, 2.05) is 0 Å². The van der Waals surface area contributed by atoms with E-state index in [1.54, 1.807) is 13.1 Å². The quantitative estimate of drug-likeness (QED) is 0.594. The van der Waals surface area contributed by atoms with E-state index in [4.69, 9.17) is 0 Å². The highest BCUT2D eigenvalue weighted by atomic mass is 16.6. The number of H-pyrrole nitrogens is 1. The molecule has 8 heteroatoms. The number of nitrogens with zero attached hydrogens (tertiary/aromatic N) is 3. The Morgan fingerprint density at radius 2 is 2.33 bits per heavy atom. The number of aromatic nitrogens is 3. The van der Waals surface area contributed by atoms with Crippen LogP contribution in [0.3, 0.4) is 0 Å². The number of nitrogens with one attached hydrogen (secondary N) is 2. The Balaban J connectivity index is 2.54. The van der Waals surface area contributed by atoms with Gasteiger partial charge in [0.2, 0.25) is 0 Å². The summed E-state index contributed by atoms with van der Waals surface area (Å²) < 4.78 is 1.30. The third-order valence-corrected chi connectivity index (χ3v) is 2.38. The molecule has 0 aliphatic heterocycles. The predicted octanol–water partition coefficient (Wildman–Crippen LogP) is 0.188. The van der Waals surface area contributed by atoms with Crippen LogP contribution in [0.15, 0.2) is 29.1 Å². The van der Waals surface area contributed by atoms with E-state index in [0.717, 1.165) is 0 Å². The van der Waals surface area contributed by atoms with E-state index in [9.17, 15) is 14.9 Å². The van der Waals surface area contributed by atoms with Crippen molar-refractivity contribution in [2.24, 2.45) is 0 Å². The largest absolute Gasteiger partial charge is 0.347 e. The highest BCUT2D eigenvalue weighted by Gasteiger charge is 2.12. The molecule has 8 nitrogen and oxygen atoms in total. The lowest BCUT2D eigenvalue weighted by molar-refractivity contribution is -0.384. The SMILES string of the molecule is CNCc1n[nH]c(=O)n1-c1cccc([N+](=O)[O-])c1. The van der Waals surface area contributed by atoms with Crippen LogP contribution in [0.4, 0.5) is 5.69 Å². The van der Waals surface area contributed by atoms with Crippen molar-refractivity contribution in [3.63, 3.8) is 0 Å². The Hall–Kier alpha value is -2.48. The molecule has 2 aromatic rings. The summed E-state index contributed by atoms with van der Waals surface area (Å²) >= 11 is 0. The maximum atomic E-state index is 11.6. The van der Waals surface area contributed by atoms with Crippen LogP contribution >= 0.6 is 0 Å². The van der Waals surface area contributed by atoms with Crippen LogP contribution in [-0.4, -0.2) is 26.7 Å². The van der Waals surface area contributed by atoms with Crippen molar-refractivity contribution in [3.8, 4) is 5.69 Å². The van der Waals surface area contributed by atoms with Gasteiger partial charge in [-0.3, -0.25) is 10.1 Å². The second kappa shape index (κ2) is 4.80. The number of hydrogen-bond donors (Lipinski definition) is 2. The smallest absolute Gasteiger partial charge is 0.313 e. The van der Waals surface area contributed by atoms with Gasteiger partial charge in [-0.05, 0) is 13.1 Å². The van der Waals surface area contributed by atoms with Crippen LogP contribution in [0, 0.1) is 10.1 Å². The lowest BCUT2D eigenvalue weighted by Crippen LogP contribution is -2.19. The zero-order valence-electron chi connectivity index (χ0n) is 9.58. The molecule has 0 spiro atoms. The third-order valence-electron chi connectivity index (χ3n) is 2.38. The van der Waals surface area contributed by atoms with Gasteiger partial charge in [0, 0.05) is 12.1 Å². The number of aromatic amines is 1. The minimum atomic E-state index is -0.508. The molecule has 0 saturated carbocycles. The first-order chi connectivity index (χ1) is 8.63. The summed E-state index contributed by atoms with van der Waals surface area (Å²) in [7, 11) is 1.72. The molecule has 94 valence electrons. The average molecular weight is 249 g/mol. The van der Waals surface area contributed by atoms with E-state index in [1.165, 1.54) is 22.8 Å². The molecule has 0 fully saturated rings. The van der Waals surface area contributed by atoms with Crippen LogP contribution in [-0.2, 0) is 6.54 Å². The Labute approximate surface area is 101 Å².